The van der Waals surface area contributed by atoms with Crippen molar-refractivity contribution in [3.05, 3.63) is 11.6 Å². The van der Waals surface area contributed by atoms with Crippen LogP contribution in [0, 0.1) is 50.2 Å². The molecule has 0 bridgehead atoms. The monoisotopic (exact) mass is 542 g/mol. The summed E-state index contributed by atoms with van der Waals surface area (Å²) in [5.41, 5.74) is 0.523. The molecule has 4 fully saturated rings. The summed E-state index contributed by atoms with van der Waals surface area (Å²) in [7, 11) is 0. The highest BCUT2D eigenvalue weighted by Gasteiger charge is 2.70. The standard InChI is InChI=1S/C34H54O5/c1-9-10-26(35)39-23-20-31(6)24(30(4,5)27(23)36)13-14-33(8)25(31)12-11-21-22-19-29(2,3)15-17-34(22,28(37)38)18-16-32(21,33)7/h11,22-25,27,36H,9-10,12-20H2,1-8H3,(H,37,38)/t22-,23+,24-,25+,27-,31-,32+,33+,34-/m0/s1. The van der Waals surface area contributed by atoms with Gasteiger partial charge in [0.1, 0.15) is 6.10 Å². The Kier molecular flexibility index (Phi) is 6.78. The lowest BCUT2D eigenvalue weighted by Crippen LogP contribution is -2.67. The Bertz CT molecular complexity index is 1060. The van der Waals surface area contributed by atoms with E-state index < -0.39 is 23.6 Å². The third-order valence-electron chi connectivity index (χ3n) is 13.7. The number of aliphatic hydroxyl groups excluding tert-OH is 1. The van der Waals surface area contributed by atoms with Gasteiger partial charge in [-0.25, -0.2) is 0 Å². The zero-order valence-corrected chi connectivity index (χ0v) is 25.9. The van der Waals surface area contributed by atoms with Gasteiger partial charge in [-0.2, -0.15) is 0 Å². The maximum absolute atomic E-state index is 12.9. The molecule has 0 unspecified atom stereocenters. The lowest BCUT2D eigenvalue weighted by atomic mass is 9.33. The molecule has 0 amide bonds. The Morgan fingerprint density at radius 1 is 0.949 bits per heavy atom. The highest BCUT2D eigenvalue weighted by atomic mass is 16.6. The van der Waals surface area contributed by atoms with Crippen LogP contribution in [-0.2, 0) is 14.3 Å². The summed E-state index contributed by atoms with van der Waals surface area (Å²) in [5.74, 6) is 0.0495. The van der Waals surface area contributed by atoms with Crippen molar-refractivity contribution in [3.63, 3.8) is 0 Å². The second-order valence-electron chi connectivity index (χ2n) is 16.4. The van der Waals surface area contributed by atoms with Crippen molar-refractivity contribution >= 4 is 11.9 Å². The summed E-state index contributed by atoms with van der Waals surface area (Å²) in [6.45, 7) is 18.4. The van der Waals surface area contributed by atoms with E-state index in [0.29, 0.717) is 24.7 Å². The number of carbonyl (C=O) groups excluding carboxylic acids is 1. The first kappa shape index (κ1) is 29.1. The number of aliphatic carboxylic acids is 1. The van der Waals surface area contributed by atoms with E-state index in [9.17, 15) is 19.8 Å². The summed E-state index contributed by atoms with van der Waals surface area (Å²) in [6.07, 6.45) is 10.7. The van der Waals surface area contributed by atoms with Crippen LogP contribution < -0.4 is 0 Å². The highest BCUT2D eigenvalue weighted by Crippen LogP contribution is 2.75. The average molecular weight is 543 g/mol. The molecule has 0 spiro atoms. The Morgan fingerprint density at radius 2 is 1.62 bits per heavy atom. The van der Waals surface area contributed by atoms with Gasteiger partial charge in [-0.05, 0) is 109 Å². The number of rotatable bonds is 4. The highest BCUT2D eigenvalue weighted by molar-refractivity contribution is 5.76. The number of aliphatic hydroxyl groups is 1. The van der Waals surface area contributed by atoms with E-state index in [1.807, 2.05) is 6.92 Å². The van der Waals surface area contributed by atoms with E-state index in [0.717, 1.165) is 57.8 Å². The summed E-state index contributed by atoms with van der Waals surface area (Å²) in [4.78, 5) is 25.5. The van der Waals surface area contributed by atoms with Crippen LogP contribution in [0.1, 0.15) is 126 Å². The van der Waals surface area contributed by atoms with Crippen LogP contribution in [-0.4, -0.2) is 34.4 Å². The molecule has 39 heavy (non-hydrogen) atoms. The van der Waals surface area contributed by atoms with Gasteiger partial charge in [0.15, 0.2) is 0 Å². The second kappa shape index (κ2) is 9.07. The van der Waals surface area contributed by atoms with Crippen LogP contribution in [0.15, 0.2) is 11.6 Å². The number of carboxylic acids is 1. The van der Waals surface area contributed by atoms with Gasteiger partial charge in [0.25, 0.3) is 0 Å². The molecule has 9 atom stereocenters. The van der Waals surface area contributed by atoms with Gasteiger partial charge >= 0.3 is 11.9 Å². The Hall–Kier alpha value is -1.36. The fourth-order valence-electron chi connectivity index (χ4n) is 11.3. The number of ether oxygens (including phenoxy) is 1. The van der Waals surface area contributed by atoms with Crippen LogP contribution >= 0.6 is 0 Å². The Balaban J connectivity index is 1.56. The smallest absolute Gasteiger partial charge is 0.310 e. The minimum atomic E-state index is -0.665. The molecule has 2 N–H and O–H groups in total. The van der Waals surface area contributed by atoms with Crippen LogP contribution in [0.5, 0.6) is 0 Å². The predicted octanol–water partition coefficient (Wildman–Crippen LogP) is 7.56. The molecule has 5 nitrogen and oxygen atoms in total. The van der Waals surface area contributed by atoms with Gasteiger partial charge in [-0.15, -0.1) is 0 Å². The topological polar surface area (TPSA) is 83.8 Å². The van der Waals surface area contributed by atoms with Gasteiger partial charge in [-0.3, -0.25) is 9.59 Å². The Labute approximate surface area is 236 Å². The van der Waals surface area contributed by atoms with Crippen LogP contribution in [0.25, 0.3) is 0 Å². The molecule has 220 valence electrons. The maximum Gasteiger partial charge on any atom is 0.310 e. The molecule has 5 heteroatoms. The first-order chi connectivity index (χ1) is 18.0. The molecule has 5 aliphatic carbocycles. The summed E-state index contributed by atoms with van der Waals surface area (Å²) >= 11 is 0. The number of hydrogen-bond donors (Lipinski definition) is 2. The van der Waals surface area contributed by atoms with E-state index in [1.54, 1.807) is 0 Å². The van der Waals surface area contributed by atoms with Gasteiger partial charge in [0.05, 0.1) is 11.5 Å². The molecule has 0 saturated heterocycles. The van der Waals surface area contributed by atoms with Crippen LogP contribution in [0.2, 0.25) is 0 Å². The number of carbonyl (C=O) groups is 2. The molecule has 0 aromatic rings. The molecule has 0 aromatic carbocycles. The van der Waals surface area contributed by atoms with E-state index in [4.69, 9.17) is 4.74 Å². The van der Waals surface area contributed by atoms with E-state index in [-0.39, 0.29) is 39.0 Å². The fourth-order valence-corrected chi connectivity index (χ4v) is 11.3. The molecule has 0 radical (unpaired) electrons. The van der Waals surface area contributed by atoms with E-state index in [2.05, 4.69) is 54.5 Å². The van der Waals surface area contributed by atoms with Crippen molar-refractivity contribution in [3.8, 4) is 0 Å². The lowest BCUT2D eigenvalue weighted by molar-refractivity contribution is -0.238. The molecule has 0 aromatic heterocycles. The summed E-state index contributed by atoms with van der Waals surface area (Å²) in [6, 6.07) is 0. The zero-order chi connectivity index (χ0) is 28.8. The third-order valence-corrected chi connectivity index (χ3v) is 13.7. The predicted molar refractivity (Wildman–Crippen MR) is 153 cm³/mol. The van der Waals surface area contributed by atoms with E-state index >= 15 is 0 Å². The van der Waals surface area contributed by atoms with Gasteiger partial charge in [-0.1, -0.05) is 67.0 Å². The fraction of sp³-hybridized carbons (Fsp3) is 0.882. The molecular formula is C34H54O5. The minimum absolute atomic E-state index is 0.0327. The van der Waals surface area contributed by atoms with Gasteiger partial charge in [0.2, 0.25) is 0 Å². The van der Waals surface area contributed by atoms with E-state index in [1.165, 1.54) is 5.57 Å². The molecule has 5 rings (SSSR count). The summed E-state index contributed by atoms with van der Waals surface area (Å²) < 4.78 is 6.00. The third kappa shape index (κ3) is 3.94. The lowest BCUT2D eigenvalue weighted by Gasteiger charge is -2.71. The number of fused-ring (bicyclic) bond motifs is 7. The SMILES string of the molecule is CCCC(=O)O[C@@H]1C[C@]2(C)[C@H]3CC=C4[C@@H]5CC(C)(C)CC[C@]5(C(=O)O)CC[C@@]4(C)[C@]3(C)CC[C@H]2C(C)(C)[C@H]1O. The van der Waals surface area contributed by atoms with Crippen LogP contribution in [0.4, 0.5) is 0 Å². The maximum atomic E-state index is 12.9. The van der Waals surface area contributed by atoms with Gasteiger partial charge < -0.3 is 14.9 Å². The molecular weight excluding hydrogens is 488 g/mol. The second-order valence-corrected chi connectivity index (χ2v) is 16.4. The molecule has 0 aliphatic heterocycles. The Morgan fingerprint density at radius 3 is 2.26 bits per heavy atom. The van der Waals surface area contributed by atoms with Crippen molar-refractivity contribution < 1.29 is 24.5 Å². The molecule has 5 aliphatic rings. The van der Waals surface area contributed by atoms with Crippen molar-refractivity contribution in [2.45, 2.75) is 138 Å². The minimum Gasteiger partial charge on any atom is -0.481 e. The molecule has 4 saturated carbocycles. The van der Waals surface area contributed by atoms with Crippen molar-refractivity contribution in [2.75, 3.05) is 0 Å². The quantitative estimate of drug-likeness (QED) is 0.283. The first-order valence-corrected chi connectivity index (χ1v) is 15.8. The number of allylic oxidation sites excluding steroid dienone is 2. The number of hydrogen-bond acceptors (Lipinski definition) is 4. The number of esters is 1. The number of carboxylic acid groups (broad SMARTS) is 1. The average Bonchev–Trinajstić information content (AvgIpc) is 2.82. The van der Waals surface area contributed by atoms with Gasteiger partial charge in [0, 0.05) is 6.42 Å². The zero-order valence-electron chi connectivity index (χ0n) is 25.9. The van der Waals surface area contributed by atoms with Crippen molar-refractivity contribution in [1.82, 2.24) is 0 Å². The molecule has 0 heterocycles. The normalized spacial score (nSPS) is 47.9. The van der Waals surface area contributed by atoms with Crippen LogP contribution in [0.3, 0.4) is 0 Å². The first-order valence-electron chi connectivity index (χ1n) is 15.8. The largest absolute Gasteiger partial charge is 0.481 e. The van der Waals surface area contributed by atoms with Crippen molar-refractivity contribution in [1.29, 1.82) is 0 Å². The van der Waals surface area contributed by atoms with Crippen molar-refractivity contribution in [2.24, 2.45) is 50.2 Å². The summed E-state index contributed by atoms with van der Waals surface area (Å²) in [5, 5.41) is 22.1.